The first kappa shape index (κ1) is 19.1. The molecule has 0 radical (unpaired) electrons. The summed E-state index contributed by atoms with van der Waals surface area (Å²) in [6.45, 7) is 5.99. The number of hydrogen-bond acceptors (Lipinski definition) is 5. The van der Waals surface area contributed by atoms with Gasteiger partial charge in [0.15, 0.2) is 0 Å². The van der Waals surface area contributed by atoms with Gasteiger partial charge in [0.2, 0.25) is 5.95 Å². The average Bonchev–Trinajstić information content (AvgIpc) is 2.59. The molecule has 0 atom stereocenters. The normalized spacial score (nSPS) is 17.0. The summed E-state index contributed by atoms with van der Waals surface area (Å²) in [6.07, 6.45) is -0.0354. The molecule has 0 aliphatic carbocycles. The number of ether oxygens (including phenoxy) is 1. The third kappa shape index (κ3) is 4.75. The Hall–Kier alpha value is -2.64. The molecule has 1 aromatic heterocycles. The first-order chi connectivity index (χ1) is 12.7. The number of H-pyrrole nitrogens is 1. The number of halogens is 1. The number of hydrogen-bond donors (Lipinski definition) is 2. The lowest BCUT2D eigenvalue weighted by Gasteiger charge is -2.37. The molecule has 0 bridgehead atoms. The number of aromatic nitrogens is 2. The van der Waals surface area contributed by atoms with Gasteiger partial charge in [-0.25, -0.2) is 9.18 Å². The predicted octanol–water partition coefficient (Wildman–Crippen LogP) is 3.07. The van der Waals surface area contributed by atoms with Crippen LogP contribution in [-0.2, 0) is 4.74 Å². The average molecular weight is 376 g/mol. The number of fused-ring (bicyclic) bond motifs is 1. The number of rotatable bonds is 3. The van der Waals surface area contributed by atoms with Gasteiger partial charge < -0.3 is 19.9 Å². The molecule has 1 aliphatic rings. The van der Waals surface area contributed by atoms with Gasteiger partial charge in [-0.05, 0) is 32.9 Å². The minimum absolute atomic E-state index is 0.0104. The van der Waals surface area contributed by atoms with Crippen LogP contribution in [0.5, 0.6) is 0 Å². The van der Waals surface area contributed by atoms with Crippen LogP contribution in [0.2, 0.25) is 0 Å². The van der Waals surface area contributed by atoms with Crippen molar-refractivity contribution < 1.29 is 13.9 Å². The van der Waals surface area contributed by atoms with Crippen LogP contribution in [0.15, 0.2) is 29.1 Å². The molecule has 0 unspecified atom stereocenters. The largest absolute Gasteiger partial charge is 0.444 e. The molecule has 3 rings (SSSR count). The van der Waals surface area contributed by atoms with Crippen molar-refractivity contribution in [1.29, 1.82) is 0 Å². The van der Waals surface area contributed by atoms with Crippen molar-refractivity contribution in [2.24, 2.45) is 0 Å². The smallest absolute Gasteiger partial charge is 0.410 e. The molecule has 146 valence electrons. The van der Waals surface area contributed by atoms with Gasteiger partial charge in [0.05, 0.1) is 17.4 Å². The van der Waals surface area contributed by atoms with Crippen molar-refractivity contribution in [2.75, 3.05) is 25.0 Å². The van der Waals surface area contributed by atoms with Crippen molar-refractivity contribution in [2.45, 2.75) is 44.9 Å². The summed E-state index contributed by atoms with van der Waals surface area (Å²) in [4.78, 5) is 32.6. The van der Waals surface area contributed by atoms with E-state index in [1.54, 1.807) is 39.0 Å². The molecule has 1 fully saturated rings. The Kier molecular flexibility index (Phi) is 5.08. The van der Waals surface area contributed by atoms with Crippen LogP contribution in [0.4, 0.5) is 15.1 Å². The molecule has 1 aliphatic heterocycles. The Morgan fingerprint density at radius 2 is 2.00 bits per heavy atom. The summed E-state index contributed by atoms with van der Waals surface area (Å²) in [5.74, 6) is 0.241. The molecule has 0 saturated carbocycles. The van der Waals surface area contributed by atoms with E-state index in [2.05, 4.69) is 15.3 Å². The highest BCUT2D eigenvalue weighted by Crippen LogP contribution is 2.27. The second-order valence-corrected chi connectivity index (χ2v) is 7.91. The maximum Gasteiger partial charge on any atom is 0.410 e. The zero-order valence-electron chi connectivity index (χ0n) is 15.8. The fourth-order valence-corrected chi connectivity index (χ4v) is 3.02. The van der Waals surface area contributed by atoms with Crippen molar-refractivity contribution in [1.82, 2.24) is 14.9 Å². The van der Waals surface area contributed by atoms with E-state index in [1.807, 2.05) is 6.07 Å². The number of alkyl halides is 1. The molecule has 8 heteroatoms. The second kappa shape index (κ2) is 7.17. The zero-order chi connectivity index (χ0) is 19.7. The second-order valence-electron chi connectivity index (χ2n) is 7.91. The van der Waals surface area contributed by atoms with E-state index in [-0.39, 0.29) is 44.0 Å². The maximum atomic E-state index is 15.1. The molecule has 1 amide bonds. The predicted molar refractivity (Wildman–Crippen MR) is 102 cm³/mol. The molecule has 1 saturated heterocycles. The molecule has 2 aromatic rings. The van der Waals surface area contributed by atoms with Crippen molar-refractivity contribution in [3.63, 3.8) is 0 Å². The van der Waals surface area contributed by atoms with Crippen LogP contribution in [0.25, 0.3) is 10.9 Å². The Bertz CT molecular complexity index is 882. The van der Waals surface area contributed by atoms with Crippen LogP contribution in [0.1, 0.15) is 33.6 Å². The lowest BCUT2D eigenvalue weighted by Crippen LogP contribution is -2.48. The van der Waals surface area contributed by atoms with E-state index in [4.69, 9.17) is 4.74 Å². The van der Waals surface area contributed by atoms with E-state index < -0.39 is 17.4 Å². The number of piperidine rings is 1. The van der Waals surface area contributed by atoms with Crippen molar-refractivity contribution in [3.05, 3.63) is 34.6 Å². The van der Waals surface area contributed by atoms with Gasteiger partial charge in [-0.1, -0.05) is 12.1 Å². The molecule has 7 nitrogen and oxygen atoms in total. The van der Waals surface area contributed by atoms with Crippen LogP contribution < -0.4 is 10.9 Å². The third-order valence-electron chi connectivity index (χ3n) is 4.51. The Labute approximate surface area is 156 Å². The van der Waals surface area contributed by atoms with Crippen LogP contribution >= 0.6 is 0 Å². The summed E-state index contributed by atoms with van der Waals surface area (Å²) >= 11 is 0. The molecule has 0 spiro atoms. The van der Waals surface area contributed by atoms with E-state index in [9.17, 15) is 9.59 Å². The Morgan fingerprint density at radius 3 is 2.67 bits per heavy atom. The van der Waals surface area contributed by atoms with Gasteiger partial charge in [0.1, 0.15) is 11.3 Å². The zero-order valence-corrected chi connectivity index (χ0v) is 15.8. The fourth-order valence-electron chi connectivity index (χ4n) is 3.02. The lowest BCUT2D eigenvalue weighted by molar-refractivity contribution is 0.00573. The van der Waals surface area contributed by atoms with Gasteiger partial charge in [-0.3, -0.25) is 4.79 Å². The molecule has 1 aromatic carbocycles. The number of aromatic amines is 1. The van der Waals surface area contributed by atoms with E-state index >= 15 is 4.39 Å². The maximum absolute atomic E-state index is 15.1. The van der Waals surface area contributed by atoms with Crippen LogP contribution in [0, 0.1) is 0 Å². The summed E-state index contributed by atoms with van der Waals surface area (Å²) in [7, 11) is 0. The van der Waals surface area contributed by atoms with Crippen molar-refractivity contribution >= 4 is 22.9 Å². The highest BCUT2D eigenvalue weighted by Gasteiger charge is 2.37. The number of benzene rings is 1. The first-order valence-corrected chi connectivity index (χ1v) is 9.05. The van der Waals surface area contributed by atoms with Crippen molar-refractivity contribution in [3.8, 4) is 0 Å². The number of carbonyl (C=O) groups excluding carboxylic acids is 1. The standard InChI is InChI=1S/C19H25FN4O3/c1-18(2,3)27-17(26)24-10-8-19(20,9-11-24)12-21-16-22-14-7-5-4-6-13(14)15(25)23-16/h4-7H,8-12H2,1-3H3,(H2,21,22,23,25). The summed E-state index contributed by atoms with van der Waals surface area (Å²) < 4.78 is 20.4. The number of amides is 1. The highest BCUT2D eigenvalue weighted by molar-refractivity contribution is 5.78. The summed E-state index contributed by atoms with van der Waals surface area (Å²) in [6, 6.07) is 7.04. The number of para-hydroxylation sites is 1. The summed E-state index contributed by atoms with van der Waals surface area (Å²) in [5.41, 5.74) is -1.77. The van der Waals surface area contributed by atoms with Gasteiger partial charge in [-0.2, -0.15) is 4.98 Å². The number of nitrogens with one attached hydrogen (secondary N) is 2. The highest BCUT2D eigenvalue weighted by atomic mass is 19.1. The number of likely N-dealkylation sites (tertiary alicyclic amines) is 1. The quantitative estimate of drug-likeness (QED) is 0.860. The van der Waals surface area contributed by atoms with E-state index in [0.29, 0.717) is 10.9 Å². The van der Waals surface area contributed by atoms with Gasteiger partial charge in [0, 0.05) is 25.9 Å². The number of nitrogens with zero attached hydrogens (tertiary/aromatic N) is 2. The van der Waals surface area contributed by atoms with Crippen LogP contribution in [-0.4, -0.2) is 51.9 Å². The minimum Gasteiger partial charge on any atom is -0.444 e. The fraction of sp³-hybridized carbons (Fsp3) is 0.526. The number of anilines is 1. The van der Waals surface area contributed by atoms with Gasteiger partial charge in [-0.15, -0.1) is 0 Å². The summed E-state index contributed by atoms with van der Waals surface area (Å²) in [5, 5.41) is 3.38. The minimum atomic E-state index is -1.48. The van der Waals surface area contributed by atoms with E-state index in [0.717, 1.165) is 0 Å². The lowest BCUT2D eigenvalue weighted by atomic mass is 9.93. The van der Waals surface area contributed by atoms with Crippen LogP contribution in [0.3, 0.4) is 0 Å². The van der Waals surface area contributed by atoms with Gasteiger partial charge >= 0.3 is 6.09 Å². The SMILES string of the molecule is CC(C)(C)OC(=O)N1CCC(F)(CNc2nc(=O)c3ccccc3[nH]2)CC1. The molecular weight excluding hydrogens is 351 g/mol. The monoisotopic (exact) mass is 376 g/mol. The number of carbonyl (C=O) groups is 1. The Balaban J connectivity index is 1.59. The molecule has 27 heavy (non-hydrogen) atoms. The Morgan fingerprint density at radius 1 is 1.33 bits per heavy atom. The molecular formula is C19H25FN4O3. The van der Waals surface area contributed by atoms with E-state index in [1.165, 1.54) is 4.90 Å². The third-order valence-corrected chi connectivity index (χ3v) is 4.51. The van der Waals surface area contributed by atoms with Gasteiger partial charge in [0.25, 0.3) is 5.56 Å². The topological polar surface area (TPSA) is 87.3 Å². The first-order valence-electron chi connectivity index (χ1n) is 9.05. The molecule has 2 N–H and O–H groups in total. The molecule has 2 heterocycles.